The van der Waals surface area contributed by atoms with Crippen molar-refractivity contribution in [1.29, 1.82) is 0 Å². The topological polar surface area (TPSA) is 58.2 Å². The minimum Gasteiger partial charge on any atom is -0.273 e. The van der Waals surface area contributed by atoms with Gasteiger partial charge in [0, 0.05) is 6.42 Å². The Balaban J connectivity index is 1.50. The van der Waals surface area contributed by atoms with Crippen LogP contribution in [0.4, 0.5) is 4.39 Å². The van der Waals surface area contributed by atoms with Gasteiger partial charge in [-0.25, -0.2) is 4.39 Å². The molecule has 0 atom stereocenters. The molecule has 0 radical (unpaired) electrons. The van der Waals surface area contributed by atoms with Crippen LogP contribution in [0.5, 0.6) is 0 Å². The molecular formula is C21H19FN2O2. The molecule has 132 valence electrons. The molecule has 0 heterocycles. The minimum absolute atomic E-state index is 0.0927. The second-order valence-corrected chi connectivity index (χ2v) is 6.00. The van der Waals surface area contributed by atoms with Gasteiger partial charge in [-0.05, 0) is 34.4 Å². The normalized spacial score (nSPS) is 10.5. The number of benzene rings is 3. The van der Waals surface area contributed by atoms with Gasteiger partial charge >= 0.3 is 0 Å². The number of nitrogens with one attached hydrogen (secondary N) is 2. The van der Waals surface area contributed by atoms with Crippen LogP contribution >= 0.6 is 0 Å². The summed E-state index contributed by atoms with van der Waals surface area (Å²) in [6, 6.07) is 19.9. The van der Waals surface area contributed by atoms with Gasteiger partial charge in [-0.15, -0.1) is 0 Å². The third-order valence-corrected chi connectivity index (χ3v) is 4.15. The number of rotatable bonds is 5. The monoisotopic (exact) mass is 350 g/mol. The number of halogens is 1. The van der Waals surface area contributed by atoms with Crippen LogP contribution in [0.1, 0.15) is 17.5 Å². The fraction of sp³-hybridized carbons (Fsp3) is 0.143. The van der Waals surface area contributed by atoms with E-state index in [1.165, 1.54) is 6.07 Å². The molecule has 2 N–H and O–H groups in total. The molecule has 5 heteroatoms. The largest absolute Gasteiger partial charge is 0.273 e. The molecule has 0 aliphatic rings. The van der Waals surface area contributed by atoms with E-state index in [1.807, 2.05) is 42.5 Å². The first-order chi connectivity index (χ1) is 12.6. The summed E-state index contributed by atoms with van der Waals surface area (Å²) in [4.78, 5) is 24.0. The highest BCUT2D eigenvalue weighted by molar-refractivity contribution is 5.90. The maximum atomic E-state index is 13.5. The van der Waals surface area contributed by atoms with Crippen LogP contribution in [0.25, 0.3) is 10.8 Å². The van der Waals surface area contributed by atoms with Gasteiger partial charge in [0.15, 0.2) is 0 Å². The average Bonchev–Trinajstić information content (AvgIpc) is 2.66. The van der Waals surface area contributed by atoms with Gasteiger partial charge in [0.05, 0.1) is 6.42 Å². The zero-order valence-electron chi connectivity index (χ0n) is 14.2. The Morgan fingerprint density at radius 1 is 0.769 bits per heavy atom. The van der Waals surface area contributed by atoms with Crippen LogP contribution in [-0.2, 0) is 22.4 Å². The molecule has 0 saturated heterocycles. The Hall–Kier alpha value is -3.21. The zero-order valence-corrected chi connectivity index (χ0v) is 14.2. The van der Waals surface area contributed by atoms with E-state index >= 15 is 0 Å². The van der Waals surface area contributed by atoms with E-state index in [4.69, 9.17) is 0 Å². The molecule has 4 nitrogen and oxygen atoms in total. The second kappa shape index (κ2) is 8.25. The summed E-state index contributed by atoms with van der Waals surface area (Å²) >= 11 is 0. The summed E-state index contributed by atoms with van der Waals surface area (Å²) in [6.45, 7) is 0. The van der Waals surface area contributed by atoms with Gasteiger partial charge in [0.2, 0.25) is 11.8 Å². The van der Waals surface area contributed by atoms with E-state index in [1.54, 1.807) is 18.2 Å². The SMILES string of the molecule is O=C(CCc1ccccc1F)NNC(=O)Cc1cccc2ccccc12. The summed E-state index contributed by atoms with van der Waals surface area (Å²) < 4.78 is 13.5. The van der Waals surface area contributed by atoms with Crippen LogP contribution in [-0.4, -0.2) is 11.8 Å². The third kappa shape index (κ3) is 4.45. The maximum absolute atomic E-state index is 13.5. The van der Waals surface area contributed by atoms with Crippen molar-refractivity contribution < 1.29 is 14.0 Å². The molecule has 2 amide bonds. The van der Waals surface area contributed by atoms with Gasteiger partial charge in [0.25, 0.3) is 0 Å². The summed E-state index contributed by atoms with van der Waals surface area (Å²) in [5.41, 5.74) is 6.16. The first-order valence-corrected chi connectivity index (χ1v) is 8.41. The van der Waals surface area contributed by atoms with Crippen molar-refractivity contribution in [1.82, 2.24) is 10.9 Å². The number of hydrazine groups is 1. The van der Waals surface area contributed by atoms with E-state index in [0.717, 1.165) is 16.3 Å². The Morgan fingerprint density at radius 3 is 2.27 bits per heavy atom. The van der Waals surface area contributed by atoms with Crippen LogP contribution in [0.2, 0.25) is 0 Å². The molecular weight excluding hydrogens is 331 g/mol. The van der Waals surface area contributed by atoms with Gasteiger partial charge < -0.3 is 0 Å². The van der Waals surface area contributed by atoms with E-state index in [9.17, 15) is 14.0 Å². The number of hydrogen-bond acceptors (Lipinski definition) is 2. The van der Waals surface area contributed by atoms with Crippen molar-refractivity contribution in [2.24, 2.45) is 0 Å². The molecule has 0 unspecified atom stereocenters. The highest BCUT2D eigenvalue weighted by Gasteiger charge is 2.09. The molecule has 0 spiro atoms. The molecule has 0 bridgehead atoms. The fourth-order valence-electron chi connectivity index (χ4n) is 2.82. The number of aryl methyl sites for hydroxylation is 1. The first kappa shape index (κ1) is 17.6. The Bertz CT molecular complexity index is 935. The number of amides is 2. The predicted molar refractivity (Wildman–Crippen MR) is 98.7 cm³/mol. The molecule has 3 aromatic rings. The highest BCUT2D eigenvalue weighted by atomic mass is 19.1. The van der Waals surface area contributed by atoms with Crippen molar-refractivity contribution in [2.75, 3.05) is 0 Å². The molecule has 0 fully saturated rings. The predicted octanol–water partition coefficient (Wildman–Crippen LogP) is 3.30. The molecule has 3 rings (SSSR count). The van der Waals surface area contributed by atoms with Gasteiger partial charge in [0.1, 0.15) is 5.82 Å². The van der Waals surface area contributed by atoms with Crippen molar-refractivity contribution in [3.63, 3.8) is 0 Å². The molecule has 0 saturated carbocycles. The van der Waals surface area contributed by atoms with E-state index < -0.39 is 0 Å². The summed E-state index contributed by atoms with van der Waals surface area (Å²) in [6.07, 6.45) is 0.530. The average molecular weight is 350 g/mol. The lowest BCUT2D eigenvalue weighted by Crippen LogP contribution is -2.42. The lowest BCUT2D eigenvalue weighted by molar-refractivity contribution is -0.128. The van der Waals surface area contributed by atoms with Crippen molar-refractivity contribution in [3.8, 4) is 0 Å². The number of carbonyl (C=O) groups is 2. The second-order valence-electron chi connectivity index (χ2n) is 6.00. The van der Waals surface area contributed by atoms with Crippen LogP contribution in [0, 0.1) is 5.82 Å². The Morgan fingerprint density at radius 2 is 1.42 bits per heavy atom. The number of hydrogen-bond donors (Lipinski definition) is 2. The lowest BCUT2D eigenvalue weighted by atomic mass is 10.0. The van der Waals surface area contributed by atoms with Gasteiger partial charge in [-0.1, -0.05) is 60.7 Å². The Labute approximate surface area is 151 Å². The summed E-state index contributed by atoms with van der Waals surface area (Å²) in [5, 5.41) is 2.07. The zero-order chi connectivity index (χ0) is 18.4. The van der Waals surface area contributed by atoms with E-state index in [-0.39, 0.29) is 36.9 Å². The van der Waals surface area contributed by atoms with Crippen LogP contribution in [0.3, 0.4) is 0 Å². The summed E-state index contributed by atoms with van der Waals surface area (Å²) in [5.74, 6) is -1.000. The van der Waals surface area contributed by atoms with Gasteiger partial charge in [-0.2, -0.15) is 0 Å². The molecule has 0 aromatic heterocycles. The maximum Gasteiger partial charge on any atom is 0.242 e. The minimum atomic E-state index is -0.362. The fourth-order valence-corrected chi connectivity index (χ4v) is 2.82. The van der Waals surface area contributed by atoms with E-state index in [2.05, 4.69) is 10.9 Å². The standard InChI is InChI=1S/C21H19FN2O2/c22-19-11-4-2-7-16(19)12-13-20(25)23-24-21(26)14-17-9-5-8-15-6-1-3-10-18(15)17/h1-11H,12-14H2,(H,23,25)(H,24,26). The molecule has 26 heavy (non-hydrogen) atoms. The third-order valence-electron chi connectivity index (χ3n) is 4.15. The van der Waals surface area contributed by atoms with Crippen molar-refractivity contribution in [3.05, 3.63) is 83.7 Å². The highest BCUT2D eigenvalue weighted by Crippen LogP contribution is 2.18. The van der Waals surface area contributed by atoms with E-state index in [0.29, 0.717) is 5.56 Å². The smallest absolute Gasteiger partial charge is 0.242 e. The Kier molecular flexibility index (Phi) is 5.59. The molecule has 3 aromatic carbocycles. The summed E-state index contributed by atoms with van der Waals surface area (Å²) in [7, 11) is 0. The number of carbonyl (C=O) groups excluding carboxylic acids is 2. The number of fused-ring (bicyclic) bond motifs is 1. The molecule has 0 aliphatic heterocycles. The van der Waals surface area contributed by atoms with Crippen LogP contribution < -0.4 is 10.9 Å². The van der Waals surface area contributed by atoms with Gasteiger partial charge in [-0.3, -0.25) is 20.4 Å². The molecule has 0 aliphatic carbocycles. The lowest BCUT2D eigenvalue weighted by Gasteiger charge is -2.09. The van der Waals surface area contributed by atoms with Crippen LogP contribution in [0.15, 0.2) is 66.7 Å². The van der Waals surface area contributed by atoms with Crippen molar-refractivity contribution in [2.45, 2.75) is 19.3 Å². The first-order valence-electron chi connectivity index (χ1n) is 8.41. The quantitative estimate of drug-likeness (QED) is 0.694. The van der Waals surface area contributed by atoms with Crippen molar-refractivity contribution >= 4 is 22.6 Å².